The molecule has 0 saturated heterocycles. The number of aryl methyl sites for hydroxylation is 1. The highest BCUT2D eigenvalue weighted by molar-refractivity contribution is 7.98. The van der Waals surface area contributed by atoms with Crippen LogP contribution < -0.4 is 5.32 Å². The molecule has 0 aliphatic carbocycles. The fraction of sp³-hybridized carbons (Fsp3) is 0.455. The molecule has 13 heavy (non-hydrogen) atoms. The third-order valence-electron chi connectivity index (χ3n) is 2.57. The Balaban J connectivity index is 2.41. The van der Waals surface area contributed by atoms with E-state index in [1.165, 1.54) is 28.2 Å². The van der Waals surface area contributed by atoms with Gasteiger partial charge in [-0.2, -0.15) is 11.8 Å². The predicted molar refractivity (Wildman–Crippen MR) is 59.1 cm³/mol. The van der Waals surface area contributed by atoms with E-state index in [9.17, 15) is 0 Å². The largest absolute Gasteiger partial charge is 0.312 e. The van der Waals surface area contributed by atoms with Crippen LogP contribution in [0, 0.1) is 6.92 Å². The maximum atomic E-state index is 3.37. The lowest BCUT2D eigenvalue weighted by atomic mass is 9.99. The minimum absolute atomic E-state index is 0.550. The van der Waals surface area contributed by atoms with E-state index in [0.717, 1.165) is 0 Å². The Hall–Kier alpha value is -0.470. The van der Waals surface area contributed by atoms with Crippen LogP contribution in [0.15, 0.2) is 18.2 Å². The molecule has 70 valence electrons. The zero-order valence-electron chi connectivity index (χ0n) is 8.13. The van der Waals surface area contributed by atoms with Crippen LogP contribution in [-0.4, -0.2) is 12.8 Å². The molecule has 0 spiro atoms. The summed E-state index contributed by atoms with van der Waals surface area (Å²) in [6.45, 7) is 2.16. The fourth-order valence-corrected chi connectivity index (χ4v) is 2.97. The van der Waals surface area contributed by atoms with Gasteiger partial charge in [-0.05, 0) is 25.1 Å². The maximum Gasteiger partial charge on any atom is 0.0412 e. The minimum Gasteiger partial charge on any atom is -0.312 e. The van der Waals surface area contributed by atoms with E-state index in [1.54, 1.807) is 0 Å². The van der Waals surface area contributed by atoms with E-state index in [2.05, 4.69) is 30.4 Å². The van der Waals surface area contributed by atoms with Gasteiger partial charge >= 0.3 is 0 Å². The molecular formula is C11H15NS. The molecule has 1 aromatic carbocycles. The first-order valence-corrected chi connectivity index (χ1v) is 5.81. The summed E-state index contributed by atoms with van der Waals surface area (Å²) in [5.41, 5.74) is 4.37. The summed E-state index contributed by atoms with van der Waals surface area (Å²) in [5, 5.41) is 3.37. The van der Waals surface area contributed by atoms with Gasteiger partial charge in [-0.25, -0.2) is 0 Å². The zero-order chi connectivity index (χ0) is 9.26. The van der Waals surface area contributed by atoms with Crippen molar-refractivity contribution in [2.24, 2.45) is 0 Å². The van der Waals surface area contributed by atoms with Crippen LogP contribution in [0.1, 0.15) is 22.7 Å². The Morgan fingerprint density at radius 2 is 2.31 bits per heavy atom. The first-order chi connectivity index (χ1) is 6.31. The van der Waals surface area contributed by atoms with Gasteiger partial charge in [-0.3, -0.25) is 0 Å². The Kier molecular flexibility index (Phi) is 2.61. The molecule has 1 atom stereocenters. The van der Waals surface area contributed by atoms with Gasteiger partial charge in [0.25, 0.3) is 0 Å². The molecule has 0 amide bonds. The van der Waals surface area contributed by atoms with Gasteiger partial charge < -0.3 is 5.32 Å². The van der Waals surface area contributed by atoms with Gasteiger partial charge in [0.15, 0.2) is 0 Å². The summed E-state index contributed by atoms with van der Waals surface area (Å²) in [6, 6.07) is 7.34. The summed E-state index contributed by atoms with van der Waals surface area (Å²) in [6.07, 6.45) is 0. The average molecular weight is 193 g/mol. The SMILES string of the molecule is CNC1CSCc2ccc(C)cc21. The topological polar surface area (TPSA) is 12.0 Å². The molecule has 1 nitrogen and oxygen atoms in total. The molecule has 0 aromatic heterocycles. The van der Waals surface area contributed by atoms with Gasteiger partial charge in [-0.1, -0.05) is 23.8 Å². The predicted octanol–water partition coefficient (Wildman–Crippen LogP) is 2.50. The maximum absolute atomic E-state index is 3.37. The second-order valence-corrected chi connectivity index (χ2v) is 4.59. The normalized spacial score (nSPS) is 21.2. The van der Waals surface area contributed by atoms with Crippen molar-refractivity contribution in [2.75, 3.05) is 12.8 Å². The van der Waals surface area contributed by atoms with Gasteiger partial charge in [0.1, 0.15) is 0 Å². The van der Waals surface area contributed by atoms with Crippen LogP contribution in [-0.2, 0) is 5.75 Å². The van der Waals surface area contributed by atoms with E-state index < -0.39 is 0 Å². The van der Waals surface area contributed by atoms with Crippen LogP contribution >= 0.6 is 11.8 Å². The van der Waals surface area contributed by atoms with Crippen LogP contribution in [0.25, 0.3) is 0 Å². The molecule has 1 aliphatic rings. The second-order valence-electron chi connectivity index (χ2n) is 3.56. The summed E-state index contributed by atoms with van der Waals surface area (Å²) in [7, 11) is 2.04. The summed E-state index contributed by atoms with van der Waals surface area (Å²) in [4.78, 5) is 0. The van der Waals surface area contributed by atoms with E-state index in [-0.39, 0.29) is 0 Å². The molecule has 0 fully saturated rings. The van der Waals surface area contributed by atoms with E-state index >= 15 is 0 Å². The van der Waals surface area contributed by atoms with Crippen LogP contribution in [0.4, 0.5) is 0 Å². The second kappa shape index (κ2) is 3.72. The summed E-state index contributed by atoms with van der Waals surface area (Å²) < 4.78 is 0. The van der Waals surface area contributed by atoms with Gasteiger partial charge in [0, 0.05) is 17.5 Å². The molecule has 1 heterocycles. The average Bonchev–Trinajstić information content (AvgIpc) is 2.17. The molecule has 1 unspecified atom stereocenters. The zero-order valence-corrected chi connectivity index (χ0v) is 8.95. The first kappa shape index (κ1) is 9.10. The first-order valence-electron chi connectivity index (χ1n) is 4.65. The Morgan fingerprint density at radius 1 is 1.46 bits per heavy atom. The van der Waals surface area contributed by atoms with Crippen molar-refractivity contribution >= 4 is 11.8 Å². The van der Waals surface area contributed by atoms with Crippen molar-refractivity contribution in [2.45, 2.75) is 18.7 Å². The highest BCUT2D eigenvalue weighted by Gasteiger charge is 2.18. The number of thioether (sulfide) groups is 1. The third kappa shape index (κ3) is 1.74. The highest BCUT2D eigenvalue weighted by Crippen LogP contribution is 2.31. The Morgan fingerprint density at radius 3 is 3.08 bits per heavy atom. The molecule has 0 saturated carbocycles. The molecule has 0 radical (unpaired) electrons. The number of nitrogens with one attached hydrogen (secondary N) is 1. The van der Waals surface area contributed by atoms with Crippen LogP contribution in [0.5, 0.6) is 0 Å². The van der Waals surface area contributed by atoms with Crippen molar-refractivity contribution in [3.05, 3.63) is 34.9 Å². The fourth-order valence-electron chi connectivity index (χ4n) is 1.79. The highest BCUT2D eigenvalue weighted by atomic mass is 32.2. The van der Waals surface area contributed by atoms with Crippen molar-refractivity contribution in [1.29, 1.82) is 0 Å². The Bertz CT molecular complexity index is 309. The lowest BCUT2D eigenvalue weighted by Crippen LogP contribution is -2.23. The standard InChI is InChI=1S/C11H15NS/c1-8-3-4-9-6-13-7-11(12-2)10(9)5-8/h3-5,11-12H,6-7H2,1-2H3. The van der Waals surface area contributed by atoms with Crippen molar-refractivity contribution < 1.29 is 0 Å². The number of rotatable bonds is 1. The molecule has 2 heteroatoms. The third-order valence-corrected chi connectivity index (χ3v) is 3.65. The molecule has 2 rings (SSSR count). The Labute approximate surface area is 83.9 Å². The number of fused-ring (bicyclic) bond motifs is 1. The van der Waals surface area contributed by atoms with E-state index in [1.807, 2.05) is 18.8 Å². The lowest BCUT2D eigenvalue weighted by Gasteiger charge is -2.25. The number of benzene rings is 1. The van der Waals surface area contributed by atoms with Crippen LogP contribution in [0.2, 0.25) is 0 Å². The van der Waals surface area contributed by atoms with Gasteiger partial charge in [0.2, 0.25) is 0 Å². The molecule has 1 aromatic rings. The van der Waals surface area contributed by atoms with Crippen molar-refractivity contribution in [3.8, 4) is 0 Å². The van der Waals surface area contributed by atoms with Gasteiger partial charge in [0.05, 0.1) is 0 Å². The summed E-state index contributed by atoms with van der Waals surface area (Å²) in [5.74, 6) is 2.38. The summed E-state index contributed by atoms with van der Waals surface area (Å²) >= 11 is 2.01. The molecular weight excluding hydrogens is 178 g/mol. The number of hydrogen-bond acceptors (Lipinski definition) is 2. The van der Waals surface area contributed by atoms with Crippen molar-refractivity contribution in [3.63, 3.8) is 0 Å². The minimum atomic E-state index is 0.550. The lowest BCUT2D eigenvalue weighted by molar-refractivity contribution is 0.650. The molecule has 1 aliphatic heterocycles. The van der Waals surface area contributed by atoms with Crippen LogP contribution in [0.3, 0.4) is 0 Å². The smallest absolute Gasteiger partial charge is 0.0412 e. The number of hydrogen-bond donors (Lipinski definition) is 1. The van der Waals surface area contributed by atoms with E-state index in [0.29, 0.717) is 6.04 Å². The molecule has 1 N–H and O–H groups in total. The monoisotopic (exact) mass is 193 g/mol. The van der Waals surface area contributed by atoms with Gasteiger partial charge in [-0.15, -0.1) is 0 Å². The quantitative estimate of drug-likeness (QED) is 0.735. The van der Waals surface area contributed by atoms with E-state index in [4.69, 9.17) is 0 Å². The van der Waals surface area contributed by atoms with Crippen molar-refractivity contribution in [1.82, 2.24) is 5.32 Å². The molecule has 0 bridgehead atoms.